The zero-order valence-electron chi connectivity index (χ0n) is 48.8. The highest BCUT2D eigenvalue weighted by atomic mass is 31.2. The third-order valence-corrected chi connectivity index (χ3v) is 14.1. The molecule has 0 aromatic rings. The number of ether oxygens (including phenoxy) is 1. The van der Waals surface area contributed by atoms with Gasteiger partial charge in [0.2, 0.25) is 5.91 Å². The number of allylic oxidation sites excluding steroid dienone is 13. The summed E-state index contributed by atoms with van der Waals surface area (Å²) in [5.74, 6) is -0.531. The van der Waals surface area contributed by atoms with Crippen LogP contribution in [0.2, 0.25) is 0 Å². The molecular weight excluding hydrogens is 940 g/mol. The van der Waals surface area contributed by atoms with Crippen molar-refractivity contribution in [2.24, 2.45) is 0 Å². The molecule has 9 nitrogen and oxygen atoms in total. The number of phosphoric ester groups is 1. The van der Waals surface area contributed by atoms with E-state index in [9.17, 15) is 19.0 Å². The lowest BCUT2D eigenvalue weighted by Gasteiger charge is -2.27. The predicted octanol–water partition coefficient (Wildman–Crippen LogP) is 18.6. The van der Waals surface area contributed by atoms with E-state index in [0.29, 0.717) is 17.4 Å². The summed E-state index contributed by atoms with van der Waals surface area (Å²) in [6.07, 6.45) is 70.0. The minimum atomic E-state index is -4.45. The molecule has 0 bridgehead atoms. The van der Waals surface area contributed by atoms with Gasteiger partial charge in [0.15, 0.2) is 0 Å². The van der Waals surface area contributed by atoms with Gasteiger partial charge in [-0.3, -0.25) is 18.6 Å². The van der Waals surface area contributed by atoms with E-state index in [1.165, 1.54) is 103 Å². The maximum atomic E-state index is 13.5. The highest BCUT2D eigenvalue weighted by Crippen LogP contribution is 2.43. The Morgan fingerprint density at radius 2 is 0.865 bits per heavy atom. The van der Waals surface area contributed by atoms with Crippen LogP contribution in [-0.4, -0.2) is 74.3 Å². The molecule has 0 aliphatic heterocycles. The van der Waals surface area contributed by atoms with Crippen molar-refractivity contribution in [3.05, 3.63) is 85.1 Å². The van der Waals surface area contributed by atoms with Crippen molar-refractivity contribution in [3.63, 3.8) is 0 Å². The van der Waals surface area contributed by atoms with E-state index in [2.05, 4.69) is 99.0 Å². The number of quaternary nitrogens is 1. The second-order valence-electron chi connectivity index (χ2n) is 21.5. The van der Waals surface area contributed by atoms with Crippen LogP contribution in [0.1, 0.15) is 258 Å². The number of likely N-dealkylation sites (N-methyl/N-ethyl adjacent to an activating group) is 1. The number of carbonyl (C=O) groups is 2. The molecule has 0 radical (unpaired) electrons. The van der Waals surface area contributed by atoms with Gasteiger partial charge in [0, 0.05) is 12.8 Å². The molecule has 0 aliphatic rings. The Kier molecular flexibility index (Phi) is 51.5. The average Bonchev–Trinajstić information content (AvgIpc) is 3.36. The first-order valence-electron chi connectivity index (χ1n) is 30.4. The molecule has 0 fully saturated rings. The van der Waals surface area contributed by atoms with Crippen molar-refractivity contribution < 1.29 is 37.3 Å². The second kappa shape index (κ2) is 53.6. The molecule has 0 aromatic carbocycles. The maximum absolute atomic E-state index is 13.5. The lowest BCUT2D eigenvalue weighted by Crippen LogP contribution is -2.47. The Morgan fingerprint density at radius 1 is 0.486 bits per heavy atom. The molecule has 0 aromatic heterocycles. The van der Waals surface area contributed by atoms with Gasteiger partial charge in [-0.05, 0) is 102 Å². The van der Waals surface area contributed by atoms with Crippen molar-refractivity contribution in [2.75, 3.05) is 40.9 Å². The molecule has 0 heterocycles. The third-order valence-electron chi connectivity index (χ3n) is 13.1. The van der Waals surface area contributed by atoms with Crippen molar-refractivity contribution in [1.82, 2.24) is 5.32 Å². The Labute approximate surface area is 456 Å². The highest BCUT2D eigenvalue weighted by Gasteiger charge is 2.30. The van der Waals surface area contributed by atoms with Crippen LogP contribution < -0.4 is 5.32 Å². The summed E-state index contributed by atoms with van der Waals surface area (Å²) >= 11 is 0. The SMILES string of the molecule is CC/C=C/C/C=C/C/C=C/CCCCCCCCC(=O)NC(COP(=O)(O)OCC[N+](C)(C)C)C(/C=C/CCCCCCCCCCC)OC(=O)CCCCCCCCCC/C=C\C/C=C\C/C=C\CCCCC. The van der Waals surface area contributed by atoms with Crippen LogP contribution in [0.15, 0.2) is 85.1 Å². The topological polar surface area (TPSA) is 111 Å². The molecule has 0 rings (SSSR count). The largest absolute Gasteiger partial charge is 0.472 e. The van der Waals surface area contributed by atoms with Crippen LogP contribution in [0.4, 0.5) is 0 Å². The molecular formula is C64H116N2O7P+. The fraction of sp³-hybridized carbons (Fsp3) is 0.750. The van der Waals surface area contributed by atoms with E-state index in [0.717, 1.165) is 122 Å². The number of esters is 1. The van der Waals surface area contributed by atoms with Gasteiger partial charge in [-0.25, -0.2) is 4.57 Å². The fourth-order valence-electron chi connectivity index (χ4n) is 8.37. The number of hydrogen-bond acceptors (Lipinski definition) is 6. The van der Waals surface area contributed by atoms with Crippen molar-refractivity contribution in [3.8, 4) is 0 Å². The van der Waals surface area contributed by atoms with Gasteiger partial charge in [0.05, 0.1) is 33.8 Å². The van der Waals surface area contributed by atoms with Crippen molar-refractivity contribution in [1.29, 1.82) is 0 Å². The minimum Gasteiger partial charge on any atom is -0.456 e. The van der Waals surface area contributed by atoms with Crippen LogP contribution in [0.5, 0.6) is 0 Å². The first-order chi connectivity index (χ1) is 35.9. The average molecular weight is 1060 g/mol. The van der Waals surface area contributed by atoms with Gasteiger partial charge in [-0.1, -0.05) is 228 Å². The molecule has 2 N–H and O–H groups in total. The quantitative estimate of drug-likeness (QED) is 0.0205. The Bertz CT molecular complexity index is 1540. The number of unbranched alkanes of at least 4 members (excludes halogenated alkanes) is 26. The van der Waals surface area contributed by atoms with Crippen LogP contribution >= 0.6 is 7.82 Å². The summed E-state index contributed by atoms with van der Waals surface area (Å²) in [5, 5.41) is 3.04. The molecule has 428 valence electrons. The van der Waals surface area contributed by atoms with Crippen LogP contribution in [-0.2, 0) is 27.9 Å². The second-order valence-corrected chi connectivity index (χ2v) is 22.9. The molecule has 74 heavy (non-hydrogen) atoms. The summed E-state index contributed by atoms with van der Waals surface area (Å²) < 4.78 is 30.6. The van der Waals surface area contributed by atoms with Gasteiger partial charge in [0.1, 0.15) is 19.3 Å². The lowest BCUT2D eigenvalue weighted by molar-refractivity contribution is -0.870. The van der Waals surface area contributed by atoms with E-state index in [-0.39, 0.29) is 31.5 Å². The van der Waals surface area contributed by atoms with Crippen LogP contribution in [0.3, 0.4) is 0 Å². The van der Waals surface area contributed by atoms with E-state index in [1.807, 2.05) is 33.3 Å². The molecule has 10 heteroatoms. The monoisotopic (exact) mass is 1060 g/mol. The number of carbonyl (C=O) groups excluding carboxylic acids is 2. The summed E-state index contributed by atoms with van der Waals surface area (Å²) in [5.41, 5.74) is 0. The normalized spacial score (nSPS) is 14.3. The summed E-state index contributed by atoms with van der Waals surface area (Å²) in [6, 6.07) is -0.862. The number of hydrogen-bond donors (Lipinski definition) is 2. The summed E-state index contributed by atoms with van der Waals surface area (Å²) in [6.45, 7) is 6.85. The fourth-order valence-corrected chi connectivity index (χ4v) is 9.11. The van der Waals surface area contributed by atoms with E-state index in [1.54, 1.807) is 0 Å². The number of rotatable bonds is 54. The molecule has 3 atom stereocenters. The van der Waals surface area contributed by atoms with E-state index >= 15 is 0 Å². The molecule has 1 amide bonds. The van der Waals surface area contributed by atoms with Crippen molar-refractivity contribution >= 4 is 19.7 Å². The standard InChI is InChI=1S/C64H115N2O7P/c1-7-10-13-16-19-22-25-27-29-31-32-33-34-35-37-39-42-45-48-51-54-57-64(68)73-62(55-52-49-46-43-40-24-21-18-15-12-9-3)61(60-72-74(69,70)71-59-58-66(4,5)6)65-63(67)56-53-50-47-44-41-38-36-30-28-26-23-20-17-14-11-8-2/h11,14,19-20,22-23,27-30,32-33,52,55,61-62H,7-10,12-13,15-18,21,24-26,31,34-51,53-54,56-60H2,1-6H3,(H-,65,67,69,70)/p+1/b14-11+,22-19-,23-20+,29-27-,30-28+,33-32-,55-52+. The van der Waals surface area contributed by atoms with Gasteiger partial charge in [0.25, 0.3) is 0 Å². The predicted molar refractivity (Wildman–Crippen MR) is 318 cm³/mol. The van der Waals surface area contributed by atoms with Gasteiger partial charge >= 0.3 is 13.8 Å². The molecule has 0 aliphatic carbocycles. The Morgan fingerprint density at radius 3 is 1.32 bits per heavy atom. The molecule has 0 spiro atoms. The Balaban J connectivity index is 5.25. The maximum Gasteiger partial charge on any atom is 0.472 e. The van der Waals surface area contributed by atoms with Crippen LogP contribution in [0.25, 0.3) is 0 Å². The van der Waals surface area contributed by atoms with Gasteiger partial charge in [-0.2, -0.15) is 0 Å². The first kappa shape index (κ1) is 71.2. The number of phosphoric acid groups is 1. The zero-order chi connectivity index (χ0) is 54.3. The summed E-state index contributed by atoms with van der Waals surface area (Å²) in [4.78, 5) is 37.7. The van der Waals surface area contributed by atoms with Crippen molar-refractivity contribution in [2.45, 2.75) is 270 Å². The van der Waals surface area contributed by atoms with Gasteiger partial charge < -0.3 is 19.4 Å². The molecule has 3 unspecified atom stereocenters. The minimum absolute atomic E-state index is 0.0327. The lowest BCUT2D eigenvalue weighted by atomic mass is 10.1. The number of nitrogens with zero attached hydrogens (tertiary/aromatic N) is 1. The first-order valence-corrected chi connectivity index (χ1v) is 31.9. The Hall–Kier alpha value is -2.81. The third kappa shape index (κ3) is 54.0. The zero-order valence-corrected chi connectivity index (χ0v) is 49.7. The smallest absolute Gasteiger partial charge is 0.456 e. The molecule has 0 saturated heterocycles. The van der Waals surface area contributed by atoms with E-state index in [4.69, 9.17) is 13.8 Å². The highest BCUT2D eigenvalue weighted by molar-refractivity contribution is 7.47. The number of nitrogens with one attached hydrogen (secondary N) is 1. The summed E-state index contributed by atoms with van der Waals surface area (Å²) in [7, 11) is 1.47. The molecule has 0 saturated carbocycles. The van der Waals surface area contributed by atoms with Crippen LogP contribution in [0, 0.1) is 0 Å². The number of amides is 1. The van der Waals surface area contributed by atoms with E-state index < -0.39 is 20.0 Å². The van der Waals surface area contributed by atoms with Gasteiger partial charge in [-0.15, -0.1) is 0 Å².